The lowest BCUT2D eigenvalue weighted by molar-refractivity contribution is -0.138. The molecule has 1 N–H and O–H groups in total. The predicted molar refractivity (Wildman–Crippen MR) is 82.3 cm³/mol. The van der Waals surface area contributed by atoms with E-state index in [4.69, 9.17) is 0 Å². The maximum atomic E-state index is 13.3. The van der Waals surface area contributed by atoms with Crippen LogP contribution in [0.3, 0.4) is 0 Å². The second-order valence-corrected chi connectivity index (χ2v) is 5.56. The lowest BCUT2D eigenvalue weighted by Crippen LogP contribution is -2.27. The number of alkyl halides is 3. The molecule has 1 atom stereocenters. The van der Waals surface area contributed by atoms with Crippen LogP contribution in [-0.2, 0) is 11.0 Å². The lowest BCUT2D eigenvalue weighted by Gasteiger charge is -2.29. The monoisotopic (exact) mass is 338 g/mol. The molecular weight excluding hydrogens is 325 g/mol. The van der Waals surface area contributed by atoms with Crippen LogP contribution in [0.5, 0.6) is 0 Å². The SMILES string of the molecule is CC(=O)C1=C(C)NC(S)=C(C#N)C1c1ccccc1C(F)(F)F. The fourth-order valence-electron chi connectivity index (χ4n) is 2.71. The molecule has 1 aromatic rings. The Balaban J connectivity index is 2.79. The molecule has 0 aromatic heterocycles. The highest BCUT2D eigenvalue weighted by atomic mass is 32.1. The van der Waals surface area contributed by atoms with Crippen LogP contribution in [0.15, 0.2) is 46.1 Å². The molecule has 0 bridgehead atoms. The van der Waals surface area contributed by atoms with Gasteiger partial charge in [0.25, 0.3) is 0 Å². The zero-order valence-electron chi connectivity index (χ0n) is 12.3. The molecule has 0 spiro atoms. The highest BCUT2D eigenvalue weighted by molar-refractivity contribution is 7.84. The number of rotatable bonds is 2. The van der Waals surface area contributed by atoms with Crippen LogP contribution in [0, 0.1) is 11.3 Å². The van der Waals surface area contributed by atoms with E-state index >= 15 is 0 Å². The van der Waals surface area contributed by atoms with Crippen molar-refractivity contribution in [2.75, 3.05) is 0 Å². The molecule has 0 saturated heterocycles. The van der Waals surface area contributed by atoms with Gasteiger partial charge in [-0.2, -0.15) is 18.4 Å². The first-order chi connectivity index (χ1) is 10.7. The van der Waals surface area contributed by atoms with E-state index in [1.165, 1.54) is 25.1 Å². The van der Waals surface area contributed by atoms with Crippen molar-refractivity contribution in [1.82, 2.24) is 5.32 Å². The van der Waals surface area contributed by atoms with Crippen LogP contribution < -0.4 is 5.32 Å². The minimum atomic E-state index is -4.59. The number of halogens is 3. The Morgan fingerprint density at radius 2 is 1.96 bits per heavy atom. The topological polar surface area (TPSA) is 52.9 Å². The van der Waals surface area contributed by atoms with Gasteiger partial charge < -0.3 is 5.32 Å². The maximum Gasteiger partial charge on any atom is 0.416 e. The third kappa shape index (κ3) is 3.13. The number of allylic oxidation sites excluding steroid dienone is 3. The zero-order chi connectivity index (χ0) is 17.4. The fourth-order valence-corrected chi connectivity index (χ4v) is 3.06. The molecule has 3 nitrogen and oxygen atoms in total. The van der Waals surface area contributed by atoms with E-state index in [0.717, 1.165) is 6.07 Å². The van der Waals surface area contributed by atoms with Crippen LogP contribution in [0.1, 0.15) is 30.9 Å². The Hall–Kier alpha value is -2.20. The molecule has 0 radical (unpaired) electrons. The Labute approximate surface area is 136 Å². The summed E-state index contributed by atoms with van der Waals surface area (Å²) in [5, 5.41) is 12.3. The summed E-state index contributed by atoms with van der Waals surface area (Å²) in [6, 6.07) is 6.82. The molecule has 1 aliphatic heterocycles. The lowest BCUT2D eigenvalue weighted by atomic mass is 9.79. The van der Waals surface area contributed by atoms with Gasteiger partial charge in [0.05, 0.1) is 28.2 Å². The number of nitrogens with zero attached hydrogens (tertiary/aromatic N) is 1. The number of nitrogens with one attached hydrogen (secondary N) is 1. The Kier molecular flexibility index (Phi) is 4.57. The molecule has 23 heavy (non-hydrogen) atoms. The molecule has 0 amide bonds. The molecule has 7 heteroatoms. The van der Waals surface area contributed by atoms with E-state index in [0.29, 0.717) is 5.70 Å². The first kappa shape index (κ1) is 17.2. The standard InChI is InChI=1S/C16H13F3N2OS/c1-8-13(9(2)22)14(11(7-20)15(23)21-8)10-5-3-4-6-12(10)16(17,18)19/h3-6,14,21,23H,1-2H3. The minimum Gasteiger partial charge on any atom is -0.353 e. The average Bonchev–Trinajstić information content (AvgIpc) is 2.45. The molecule has 1 aromatic carbocycles. The third-order valence-corrected chi connectivity index (χ3v) is 3.97. The van der Waals surface area contributed by atoms with Gasteiger partial charge in [-0.15, -0.1) is 12.6 Å². The van der Waals surface area contributed by atoms with Gasteiger partial charge in [-0.05, 0) is 25.5 Å². The first-order valence-electron chi connectivity index (χ1n) is 6.66. The van der Waals surface area contributed by atoms with Gasteiger partial charge in [0.1, 0.15) is 0 Å². The third-order valence-electron chi connectivity index (χ3n) is 3.62. The number of benzene rings is 1. The smallest absolute Gasteiger partial charge is 0.353 e. The average molecular weight is 338 g/mol. The van der Waals surface area contributed by atoms with E-state index in [2.05, 4.69) is 17.9 Å². The number of ketones is 1. The Bertz CT molecular complexity index is 772. The number of Topliss-reactive ketones (excluding diaryl/α,β-unsaturated/α-hetero) is 1. The first-order valence-corrected chi connectivity index (χ1v) is 7.11. The highest BCUT2D eigenvalue weighted by Gasteiger charge is 2.39. The summed E-state index contributed by atoms with van der Waals surface area (Å²) in [5.74, 6) is -1.49. The minimum absolute atomic E-state index is 0.0131. The van der Waals surface area contributed by atoms with Crippen molar-refractivity contribution in [3.8, 4) is 6.07 Å². The van der Waals surface area contributed by atoms with Crippen molar-refractivity contribution in [3.63, 3.8) is 0 Å². The molecule has 0 saturated carbocycles. The van der Waals surface area contributed by atoms with E-state index in [1.54, 1.807) is 6.92 Å². The van der Waals surface area contributed by atoms with Gasteiger partial charge in [-0.25, -0.2) is 0 Å². The molecule has 2 rings (SSSR count). The van der Waals surface area contributed by atoms with Crippen molar-refractivity contribution >= 4 is 18.4 Å². The van der Waals surface area contributed by atoms with E-state index in [1.807, 2.05) is 6.07 Å². The van der Waals surface area contributed by atoms with Crippen LogP contribution in [0.25, 0.3) is 0 Å². The van der Waals surface area contributed by atoms with Crippen molar-refractivity contribution < 1.29 is 18.0 Å². The van der Waals surface area contributed by atoms with Crippen molar-refractivity contribution in [1.29, 1.82) is 5.26 Å². The van der Waals surface area contributed by atoms with E-state index in [-0.39, 0.29) is 21.7 Å². The van der Waals surface area contributed by atoms with Crippen molar-refractivity contribution in [2.24, 2.45) is 0 Å². The second kappa shape index (κ2) is 6.13. The van der Waals surface area contributed by atoms with Crippen molar-refractivity contribution in [2.45, 2.75) is 25.9 Å². The highest BCUT2D eigenvalue weighted by Crippen LogP contribution is 2.44. The summed E-state index contributed by atoms with van der Waals surface area (Å²) < 4.78 is 40.0. The Morgan fingerprint density at radius 3 is 2.48 bits per heavy atom. The molecular formula is C16H13F3N2OS. The molecule has 0 aliphatic carbocycles. The van der Waals surface area contributed by atoms with Gasteiger partial charge in [-0.3, -0.25) is 4.79 Å². The summed E-state index contributed by atoms with van der Waals surface area (Å²) in [5.41, 5.74) is -0.484. The fraction of sp³-hybridized carbons (Fsp3) is 0.250. The van der Waals surface area contributed by atoms with Crippen molar-refractivity contribution in [3.05, 3.63) is 57.3 Å². The summed E-state index contributed by atoms with van der Waals surface area (Å²) in [7, 11) is 0. The molecule has 0 fully saturated rings. The number of carbonyl (C=O) groups excluding carboxylic acids is 1. The Morgan fingerprint density at radius 1 is 1.35 bits per heavy atom. The summed E-state index contributed by atoms with van der Waals surface area (Å²) in [6.45, 7) is 2.84. The number of dihydropyridines is 1. The van der Waals surface area contributed by atoms with E-state index in [9.17, 15) is 23.2 Å². The van der Waals surface area contributed by atoms with Crippen LogP contribution in [0.4, 0.5) is 13.2 Å². The van der Waals surface area contributed by atoms with Gasteiger partial charge in [0.15, 0.2) is 5.78 Å². The van der Waals surface area contributed by atoms with E-state index < -0.39 is 23.4 Å². The number of hydrogen-bond acceptors (Lipinski definition) is 4. The van der Waals surface area contributed by atoms with Gasteiger partial charge >= 0.3 is 6.18 Å². The normalized spacial score (nSPS) is 18.6. The summed E-state index contributed by atoms with van der Waals surface area (Å²) >= 11 is 4.14. The number of hydrogen-bond donors (Lipinski definition) is 2. The molecule has 1 heterocycles. The van der Waals surface area contributed by atoms with Gasteiger partial charge in [0, 0.05) is 11.3 Å². The number of nitriles is 1. The zero-order valence-corrected chi connectivity index (χ0v) is 13.2. The maximum absolute atomic E-state index is 13.3. The quantitative estimate of drug-likeness (QED) is 0.804. The van der Waals surface area contributed by atoms with Crippen LogP contribution >= 0.6 is 12.6 Å². The summed E-state index contributed by atoms with van der Waals surface area (Å²) in [6.07, 6.45) is -4.59. The van der Waals surface area contributed by atoms with Gasteiger partial charge in [-0.1, -0.05) is 18.2 Å². The van der Waals surface area contributed by atoms with Crippen LogP contribution in [-0.4, -0.2) is 5.78 Å². The second-order valence-electron chi connectivity index (χ2n) is 5.11. The van der Waals surface area contributed by atoms with Gasteiger partial charge in [0.2, 0.25) is 0 Å². The number of carbonyl (C=O) groups is 1. The predicted octanol–water partition coefficient (Wildman–Crippen LogP) is 3.92. The largest absolute Gasteiger partial charge is 0.416 e. The molecule has 1 aliphatic rings. The summed E-state index contributed by atoms with van der Waals surface area (Å²) in [4.78, 5) is 12.0. The molecule has 1 unspecified atom stereocenters. The molecule has 120 valence electrons. The number of thiol groups is 1. The van der Waals surface area contributed by atoms with Crippen LogP contribution in [0.2, 0.25) is 0 Å².